The lowest BCUT2D eigenvalue weighted by Gasteiger charge is -2.13. The monoisotopic (exact) mass is 319 g/mol. The SMILES string of the molecule is COc1cc(-n2ncc(C(=O)N=[N+]=[N-])c2C(C)C)ccc1Cl. The van der Waals surface area contributed by atoms with Crippen molar-refractivity contribution in [1.82, 2.24) is 9.78 Å². The first-order chi connectivity index (χ1) is 10.5. The zero-order valence-electron chi connectivity index (χ0n) is 12.3. The first-order valence-corrected chi connectivity index (χ1v) is 6.88. The van der Waals surface area contributed by atoms with E-state index >= 15 is 0 Å². The maximum Gasteiger partial charge on any atom is 0.252 e. The first kappa shape index (κ1) is 15.9. The Hall–Kier alpha value is -2.50. The molecule has 0 aliphatic carbocycles. The fraction of sp³-hybridized carbons (Fsp3) is 0.286. The van der Waals surface area contributed by atoms with Gasteiger partial charge in [-0.3, -0.25) is 4.79 Å². The third-order valence-electron chi connectivity index (χ3n) is 3.10. The van der Waals surface area contributed by atoms with Crippen LogP contribution in [0.15, 0.2) is 29.5 Å². The number of amides is 1. The molecule has 0 saturated carbocycles. The van der Waals surface area contributed by atoms with Gasteiger partial charge in [-0.2, -0.15) is 5.10 Å². The van der Waals surface area contributed by atoms with Crippen LogP contribution in [0.25, 0.3) is 16.1 Å². The van der Waals surface area contributed by atoms with Crippen LogP contribution in [0.5, 0.6) is 5.75 Å². The second-order valence-electron chi connectivity index (χ2n) is 4.82. The van der Waals surface area contributed by atoms with Gasteiger partial charge in [0.15, 0.2) is 0 Å². The molecule has 0 aliphatic heterocycles. The maximum atomic E-state index is 11.9. The van der Waals surface area contributed by atoms with Crippen molar-refractivity contribution in [3.05, 3.63) is 51.1 Å². The zero-order valence-corrected chi connectivity index (χ0v) is 13.1. The van der Waals surface area contributed by atoms with E-state index < -0.39 is 5.91 Å². The molecule has 2 aromatic rings. The van der Waals surface area contributed by atoms with E-state index in [4.69, 9.17) is 21.9 Å². The number of hydrogen-bond donors (Lipinski definition) is 0. The number of methoxy groups -OCH3 is 1. The summed E-state index contributed by atoms with van der Waals surface area (Å²) in [4.78, 5) is 14.4. The summed E-state index contributed by atoms with van der Waals surface area (Å²) in [5.74, 6) is -0.150. The maximum absolute atomic E-state index is 11.9. The van der Waals surface area contributed by atoms with Crippen molar-refractivity contribution in [2.45, 2.75) is 19.8 Å². The molecule has 1 amide bonds. The molecular weight excluding hydrogens is 306 g/mol. The molecule has 0 unspecified atom stereocenters. The number of benzene rings is 1. The number of rotatable bonds is 4. The van der Waals surface area contributed by atoms with E-state index in [1.807, 2.05) is 13.8 Å². The zero-order chi connectivity index (χ0) is 16.3. The molecule has 0 N–H and O–H groups in total. The summed E-state index contributed by atoms with van der Waals surface area (Å²) in [6, 6.07) is 5.19. The normalized spacial score (nSPS) is 10.4. The highest BCUT2D eigenvalue weighted by atomic mass is 35.5. The van der Waals surface area contributed by atoms with Crippen LogP contribution in [0.4, 0.5) is 0 Å². The van der Waals surface area contributed by atoms with Crippen LogP contribution in [-0.4, -0.2) is 22.8 Å². The Kier molecular flexibility index (Phi) is 4.70. The lowest BCUT2D eigenvalue weighted by molar-refractivity contribution is 0.0999. The van der Waals surface area contributed by atoms with E-state index in [1.165, 1.54) is 13.3 Å². The van der Waals surface area contributed by atoms with Gasteiger partial charge in [0.1, 0.15) is 5.75 Å². The molecule has 0 saturated heterocycles. The molecule has 0 aliphatic rings. The second-order valence-corrected chi connectivity index (χ2v) is 5.23. The van der Waals surface area contributed by atoms with Gasteiger partial charge in [-0.15, -0.1) is 0 Å². The summed E-state index contributed by atoms with van der Waals surface area (Å²) in [7, 11) is 1.52. The number of azide groups is 1. The van der Waals surface area contributed by atoms with Crippen LogP contribution in [0.3, 0.4) is 0 Å². The fourth-order valence-corrected chi connectivity index (χ4v) is 2.35. The third-order valence-corrected chi connectivity index (χ3v) is 3.41. The molecule has 1 heterocycles. The predicted molar refractivity (Wildman–Crippen MR) is 82.7 cm³/mol. The number of ether oxygens (including phenoxy) is 1. The molecule has 7 nitrogen and oxygen atoms in total. The van der Waals surface area contributed by atoms with E-state index in [0.717, 1.165) is 0 Å². The summed E-state index contributed by atoms with van der Waals surface area (Å²) >= 11 is 6.02. The summed E-state index contributed by atoms with van der Waals surface area (Å²) in [5.41, 5.74) is 10.1. The Balaban J connectivity index is 2.61. The molecule has 8 heteroatoms. The van der Waals surface area contributed by atoms with Gasteiger partial charge in [-0.05, 0) is 28.7 Å². The third kappa shape index (κ3) is 2.90. The van der Waals surface area contributed by atoms with Crippen LogP contribution in [0.2, 0.25) is 5.02 Å². The minimum atomic E-state index is -0.654. The molecular formula is C14H14ClN5O2. The smallest absolute Gasteiger partial charge is 0.252 e. The van der Waals surface area contributed by atoms with Crippen molar-refractivity contribution in [2.24, 2.45) is 5.11 Å². The van der Waals surface area contributed by atoms with Gasteiger partial charge in [0, 0.05) is 11.0 Å². The molecule has 0 radical (unpaired) electrons. The molecule has 0 fully saturated rings. The van der Waals surface area contributed by atoms with Gasteiger partial charge >= 0.3 is 0 Å². The summed E-state index contributed by atoms with van der Waals surface area (Å²) in [6.07, 6.45) is 1.40. The standard InChI is InChI=1S/C14H14ClN5O2/c1-8(2)13-10(14(21)18-19-16)7-17-20(13)9-4-5-11(15)12(6-9)22-3/h4-8H,1-3H3. The fourth-order valence-electron chi connectivity index (χ4n) is 2.16. The number of aromatic nitrogens is 2. The van der Waals surface area contributed by atoms with Crippen molar-refractivity contribution < 1.29 is 9.53 Å². The number of nitrogens with zero attached hydrogens (tertiary/aromatic N) is 5. The van der Waals surface area contributed by atoms with Crippen LogP contribution in [0.1, 0.15) is 35.8 Å². The molecule has 2 rings (SSSR count). The second kappa shape index (κ2) is 6.51. The summed E-state index contributed by atoms with van der Waals surface area (Å²) in [5, 5.41) is 7.85. The first-order valence-electron chi connectivity index (χ1n) is 6.50. The number of halogens is 1. The Morgan fingerprint density at radius 3 is 2.82 bits per heavy atom. The summed E-state index contributed by atoms with van der Waals surface area (Å²) in [6.45, 7) is 3.85. The largest absolute Gasteiger partial charge is 0.495 e. The van der Waals surface area contributed by atoms with Gasteiger partial charge in [-0.1, -0.05) is 25.4 Å². The average Bonchev–Trinajstić information content (AvgIpc) is 2.93. The Bertz CT molecular complexity index is 763. The van der Waals surface area contributed by atoms with E-state index in [1.54, 1.807) is 22.9 Å². The van der Waals surface area contributed by atoms with Crippen molar-refractivity contribution in [1.29, 1.82) is 0 Å². The summed E-state index contributed by atoms with van der Waals surface area (Å²) < 4.78 is 6.81. The highest BCUT2D eigenvalue weighted by Gasteiger charge is 2.20. The lowest BCUT2D eigenvalue weighted by atomic mass is 10.1. The quantitative estimate of drug-likeness (QED) is 0.482. The topological polar surface area (TPSA) is 92.9 Å². The van der Waals surface area contributed by atoms with Crippen LogP contribution in [0, 0.1) is 0 Å². The average molecular weight is 320 g/mol. The van der Waals surface area contributed by atoms with Gasteiger partial charge in [0.25, 0.3) is 5.91 Å². The number of hydrogen-bond acceptors (Lipinski definition) is 3. The Morgan fingerprint density at radius 2 is 2.23 bits per heavy atom. The highest BCUT2D eigenvalue weighted by Crippen LogP contribution is 2.29. The molecule has 22 heavy (non-hydrogen) atoms. The number of carbonyl (C=O) groups is 1. The van der Waals surface area contributed by atoms with E-state index in [-0.39, 0.29) is 11.5 Å². The molecule has 1 aromatic carbocycles. The van der Waals surface area contributed by atoms with Gasteiger partial charge in [0.2, 0.25) is 0 Å². The number of carbonyl (C=O) groups excluding carboxylic acids is 1. The van der Waals surface area contributed by atoms with Crippen LogP contribution >= 0.6 is 11.6 Å². The van der Waals surface area contributed by atoms with Crippen molar-refractivity contribution in [2.75, 3.05) is 7.11 Å². The predicted octanol–water partition coefficient (Wildman–Crippen LogP) is 4.11. The molecule has 0 spiro atoms. The van der Waals surface area contributed by atoms with E-state index in [2.05, 4.69) is 15.1 Å². The highest BCUT2D eigenvalue weighted by molar-refractivity contribution is 6.32. The van der Waals surface area contributed by atoms with Crippen LogP contribution in [-0.2, 0) is 0 Å². The van der Waals surface area contributed by atoms with Gasteiger partial charge in [0.05, 0.1) is 35.3 Å². The Labute approximate surface area is 132 Å². The van der Waals surface area contributed by atoms with Gasteiger partial charge in [-0.25, -0.2) is 4.68 Å². The lowest BCUT2D eigenvalue weighted by Crippen LogP contribution is -2.07. The van der Waals surface area contributed by atoms with Crippen molar-refractivity contribution in [3.8, 4) is 11.4 Å². The van der Waals surface area contributed by atoms with Crippen LogP contribution < -0.4 is 4.74 Å². The van der Waals surface area contributed by atoms with Crippen molar-refractivity contribution in [3.63, 3.8) is 0 Å². The molecule has 114 valence electrons. The Morgan fingerprint density at radius 1 is 1.50 bits per heavy atom. The molecule has 1 aromatic heterocycles. The van der Waals surface area contributed by atoms with Crippen molar-refractivity contribution >= 4 is 17.5 Å². The van der Waals surface area contributed by atoms with E-state index in [0.29, 0.717) is 22.2 Å². The minimum absolute atomic E-state index is 0.00276. The molecule has 0 bridgehead atoms. The molecule has 0 atom stereocenters. The minimum Gasteiger partial charge on any atom is -0.495 e. The van der Waals surface area contributed by atoms with Gasteiger partial charge < -0.3 is 4.74 Å². The van der Waals surface area contributed by atoms with E-state index in [9.17, 15) is 4.79 Å².